The first-order valence-electron chi connectivity index (χ1n) is 4.98. The molecule has 0 aliphatic carbocycles. The summed E-state index contributed by atoms with van der Waals surface area (Å²) in [4.78, 5) is 30.6. The summed E-state index contributed by atoms with van der Waals surface area (Å²) in [5.74, 6) is 0. The van der Waals surface area contributed by atoms with Crippen LogP contribution in [0, 0.1) is 0 Å². The first kappa shape index (κ1) is 28.4. The molecule has 0 saturated heterocycles. The Bertz CT molecular complexity index is 184. The fraction of sp³-hybridized carbons (Fsp3) is 0.727. The first-order chi connectivity index (χ1) is 7.24. The van der Waals surface area contributed by atoms with Gasteiger partial charge in [0.1, 0.15) is 0 Å². The summed E-state index contributed by atoms with van der Waals surface area (Å²) in [5, 5.41) is 3.08. The second kappa shape index (κ2) is 19.3. The van der Waals surface area contributed by atoms with Crippen LogP contribution in [0.5, 0.6) is 0 Å². The molecule has 18 heavy (non-hydrogen) atoms. The Hall–Kier alpha value is 2.28. The van der Waals surface area contributed by atoms with Gasteiger partial charge in [0.15, 0.2) is 0 Å². The zero-order valence-corrected chi connectivity index (χ0v) is 19.2. The van der Waals surface area contributed by atoms with Gasteiger partial charge >= 0.3 is 0 Å². The van der Waals surface area contributed by atoms with E-state index in [2.05, 4.69) is 5.32 Å². The van der Waals surface area contributed by atoms with E-state index < -0.39 is 0 Å². The van der Waals surface area contributed by atoms with Crippen LogP contribution in [0.3, 0.4) is 0 Å². The average molecular weight is 477 g/mol. The van der Waals surface area contributed by atoms with Crippen molar-refractivity contribution in [3.63, 3.8) is 0 Å². The number of hydrogen-bond donors (Lipinski definition) is 1. The molecule has 0 rings (SSSR count). The minimum absolute atomic E-state index is 0. The van der Waals surface area contributed by atoms with Crippen molar-refractivity contribution in [1.29, 1.82) is 0 Å². The molecule has 7 heteroatoms. The van der Waals surface area contributed by atoms with Crippen LogP contribution in [-0.4, -0.2) is 31.4 Å². The molecule has 1 N–H and O–H groups in total. The van der Waals surface area contributed by atoms with Gasteiger partial charge in [-0.2, -0.15) is 19.3 Å². The van der Waals surface area contributed by atoms with E-state index in [9.17, 15) is 14.4 Å². The Morgan fingerprint density at radius 3 is 1.22 bits per heavy atom. The van der Waals surface area contributed by atoms with E-state index in [0.717, 1.165) is 0 Å². The van der Waals surface area contributed by atoms with E-state index in [4.69, 9.17) is 0 Å². The Labute approximate surface area is 185 Å². The molecule has 0 aliphatic rings. The van der Waals surface area contributed by atoms with Crippen LogP contribution in [0.4, 0.5) is 0 Å². The summed E-state index contributed by atoms with van der Waals surface area (Å²) >= 11 is 0. The van der Waals surface area contributed by atoms with Crippen molar-refractivity contribution in [3.8, 4) is 0 Å². The Morgan fingerprint density at radius 2 is 1.06 bits per heavy atom. The minimum Gasteiger partial charge on any atom is -0.542 e. The molecule has 0 aliphatic heterocycles. The van der Waals surface area contributed by atoms with E-state index in [-0.39, 0.29) is 104 Å². The third-order valence-corrected chi connectivity index (χ3v) is 2.65. The molecule has 0 aromatic rings. The monoisotopic (exact) mass is 477 g/mol. The maximum absolute atomic E-state index is 10.2. The van der Waals surface area contributed by atoms with Crippen molar-refractivity contribution in [2.45, 2.75) is 44.1 Å². The van der Waals surface area contributed by atoms with Crippen molar-refractivity contribution < 1.29 is 113 Å². The molecule has 0 fully saturated rings. The Kier molecular flexibility index (Phi) is 30.5. The van der Waals surface area contributed by atoms with Crippen molar-refractivity contribution in [2.75, 3.05) is 7.05 Å². The van der Waals surface area contributed by atoms with Crippen LogP contribution in [0.2, 0.25) is 0 Å². The van der Waals surface area contributed by atoms with E-state index in [1.807, 2.05) is 18.9 Å². The summed E-state index contributed by atoms with van der Waals surface area (Å²) in [6.07, 6.45) is 8.12. The molecule has 0 aromatic heterocycles. The zero-order valence-electron chi connectivity index (χ0n) is 10.7. The Morgan fingerprint density at radius 1 is 0.778 bits per heavy atom. The second-order valence-corrected chi connectivity index (χ2v) is 3.46. The summed E-state index contributed by atoms with van der Waals surface area (Å²) in [6, 6.07) is 0. The van der Waals surface area contributed by atoms with Gasteiger partial charge in [-0.05, 0) is 7.05 Å². The Balaban J connectivity index is -0.000000327. The smallest absolute Gasteiger partial charge is 0.0112 e. The van der Waals surface area contributed by atoms with Crippen LogP contribution in [0.15, 0.2) is 0 Å². The van der Waals surface area contributed by atoms with Gasteiger partial charge < -0.3 is 19.7 Å². The molecule has 0 atom stereocenters. The molecule has 0 saturated carbocycles. The number of rotatable bonds is 10. The van der Waals surface area contributed by atoms with Gasteiger partial charge in [0.25, 0.3) is 0 Å². The van der Waals surface area contributed by atoms with E-state index >= 15 is 0 Å². The summed E-state index contributed by atoms with van der Waals surface area (Å²) in [7, 11) is 1.76. The van der Waals surface area contributed by atoms with Crippen LogP contribution in [0.1, 0.15) is 38.5 Å². The molecular weight excluding hydrogens is 461 g/mol. The number of carbonyl (C=O) groups excluding carboxylic acids is 3. The van der Waals surface area contributed by atoms with Gasteiger partial charge in [0.2, 0.25) is 0 Å². The molecule has 0 heterocycles. The quantitative estimate of drug-likeness (QED) is 0.469. The predicted octanol–water partition coefficient (Wildman–Crippen LogP) is 0.607. The van der Waals surface area contributed by atoms with E-state index in [1.165, 1.54) is 0 Å². The maximum Gasteiger partial charge on any atom is 0.0112 e. The number of hydrogen-bond acceptors (Lipinski definition) is 4. The van der Waals surface area contributed by atoms with Gasteiger partial charge in [0, 0.05) is 104 Å². The van der Waals surface area contributed by atoms with Gasteiger partial charge in [0.05, 0.1) is 0 Å². The van der Waals surface area contributed by atoms with Gasteiger partial charge in [-0.3, -0.25) is 18.9 Å². The average Bonchev–Trinajstić information content (AvgIpc) is 2.29. The van der Waals surface area contributed by atoms with Crippen molar-refractivity contribution in [1.82, 2.24) is 5.32 Å². The summed E-state index contributed by atoms with van der Waals surface area (Å²) in [6.45, 7) is 0. The molecule has 0 aromatic carbocycles. The summed E-state index contributed by atoms with van der Waals surface area (Å²) in [5.41, 5.74) is -0.341. The molecule has 0 spiro atoms. The van der Waals surface area contributed by atoms with Crippen LogP contribution < -0.4 is 5.32 Å². The molecule has 0 bridgehead atoms. The standard InChI is InChI=1S/C11H16NO3.3Y/c1-12-11(5-2-8-13,6-3-9-14)7-4-10-15;;;/h12H,2-7H2,1H3;;;/q-3;;;. The summed E-state index contributed by atoms with van der Waals surface area (Å²) < 4.78 is 0. The molecule has 4 nitrogen and oxygen atoms in total. The van der Waals surface area contributed by atoms with Crippen LogP contribution >= 0.6 is 0 Å². The van der Waals surface area contributed by atoms with Crippen molar-refractivity contribution >= 4 is 18.9 Å². The molecular formula is C11H16NO3Y3-3. The van der Waals surface area contributed by atoms with E-state index in [1.54, 1.807) is 7.05 Å². The van der Waals surface area contributed by atoms with Crippen LogP contribution in [0.25, 0.3) is 0 Å². The molecule has 95 valence electrons. The normalized spacial score (nSPS) is 9.17. The third-order valence-electron chi connectivity index (χ3n) is 2.65. The topological polar surface area (TPSA) is 63.2 Å². The second-order valence-electron chi connectivity index (χ2n) is 3.46. The fourth-order valence-corrected chi connectivity index (χ4v) is 1.62. The van der Waals surface area contributed by atoms with Crippen molar-refractivity contribution in [2.24, 2.45) is 0 Å². The van der Waals surface area contributed by atoms with Gasteiger partial charge in [-0.1, -0.05) is 19.3 Å². The van der Waals surface area contributed by atoms with Gasteiger partial charge in [-0.25, -0.2) is 0 Å². The maximum atomic E-state index is 10.2. The third kappa shape index (κ3) is 13.3. The van der Waals surface area contributed by atoms with Gasteiger partial charge in [-0.15, -0.1) is 0 Å². The van der Waals surface area contributed by atoms with E-state index in [0.29, 0.717) is 38.5 Å². The van der Waals surface area contributed by atoms with Crippen molar-refractivity contribution in [3.05, 3.63) is 0 Å². The number of nitrogens with one attached hydrogen (secondary N) is 1. The predicted molar refractivity (Wildman–Crippen MR) is 56.6 cm³/mol. The van der Waals surface area contributed by atoms with Crippen LogP contribution in [-0.2, 0) is 113 Å². The largest absolute Gasteiger partial charge is 0.542 e. The molecule has 3 radical (unpaired) electrons. The first-order valence-corrected chi connectivity index (χ1v) is 4.98. The molecule has 0 unspecified atom stereocenters. The SMILES string of the molecule is CNC(CC[C-]=O)(CC[C-]=O)CC[C-]=O.[Y].[Y].[Y]. The minimum atomic E-state index is -0.341. The fourth-order valence-electron chi connectivity index (χ4n) is 1.62. The zero-order chi connectivity index (χ0) is 11.6. The molecule has 0 amide bonds.